The first-order valence-electron chi connectivity index (χ1n) is 7.95. The van der Waals surface area contributed by atoms with E-state index in [1.165, 1.54) is 5.56 Å². The van der Waals surface area contributed by atoms with Crippen molar-refractivity contribution in [2.45, 2.75) is 26.7 Å². The Labute approximate surface area is 135 Å². The summed E-state index contributed by atoms with van der Waals surface area (Å²) in [7, 11) is 1.95. The molecule has 2 heterocycles. The predicted octanol–water partition coefficient (Wildman–Crippen LogP) is 2.74. The van der Waals surface area contributed by atoms with Crippen molar-refractivity contribution in [1.82, 2.24) is 19.9 Å². The number of aromatic nitrogens is 3. The zero-order valence-corrected chi connectivity index (χ0v) is 13.8. The number of carbonyl (C=O) groups excluding carboxylic acids is 1. The van der Waals surface area contributed by atoms with Crippen LogP contribution in [0.2, 0.25) is 0 Å². The lowest BCUT2D eigenvalue weighted by atomic mass is 10.1. The van der Waals surface area contributed by atoms with Crippen molar-refractivity contribution >= 4 is 16.8 Å². The van der Waals surface area contributed by atoms with Gasteiger partial charge >= 0.3 is 0 Å². The fraction of sp³-hybridized carbons (Fsp3) is 0.333. The van der Waals surface area contributed by atoms with E-state index in [1.54, 1.807) is 12.5 Å². The lowest BCUT2D eigenvalue weighted by molar-refractivity contribution is 0.0945. The smallest absolute Gasteiger partial charge is 0.268 e. The topological polar surface area (TPSA) is 62.7 Å². The number of carbonyl (C=O) groups is 1. The van der Waals surface area contributed by atoms with Gasteiger partial charge in [0.2, 0.25) is 0 Å². The van der Waals surface area contributed by atoms with E-state index in [0.717, 1.165) is 40.7 Å². The molecule has 5 nitrogen and oxygen atoms in total. The highest BCUT2D eigenvalue weighted by molar-refractivity contribution is 6.01. The molecule has 0 bridgehead atoms. The minimum Gasteiger partial charge on any atom is -0.350 e. The second-order valence-corrected chi connectivity index (χ2v) is 5.82. The van der Waals surface area contributed by atoms with Crippen LogP contribution in [0, 0.1) is 6.92 Å². The molecule has 5 heteroatoms. The van der Waals surface area contributed by atoms with Crippen LogP contribution in [-0.2, 0) is 19.9 Å². The molecule has 0 saturated heterocycles. The highest BCUT2D eigenvalue weighted by atomic mass is 16.1. The van der Waals surface area contributed by atoms with Gasteiger partial charge in [0.05, 0.1) is 6.33 Å². The van der Waals surface area contributed by atoms with Gasteiger partial charge in [0.25, 0.3) is 5.91 Å². The van der Waals surface area contributed by atoms with Gasteiger partial charge in [0.1, 0.15) is 5.69 Å². The molecule has 23 heavy (non-hydrogen) atoms. The van der Waals surface area contributed by atoms with Gasteiger partial charge in [-0.15, -0.1) is 0 Å². The van der Waals surface area contributed by atoms with Crippen LogP contribution in [0.25, 0.3) is 10.9 Å². The first kappa shape index (κ1) is 15.3. The van der Waals surface area contributed by atoms with Crippen LogP contribution in [0.3, 0.4) is 0 Å². The van der Waals surface area contributed by atoms with Crippen LogP contribution in [-0.4, -0.2) is 27.0 Å². The number of nitrogens with zero attached hydrogens (tertiary/aromatic N) is 2. The minimum atomic E-state index is -0.0289. The monoisotopic (exact) mass is 310 g/mol. The van der Waals surface area contributed by atoms with Crippen molar-refractivity contribution in [2.24, 2.45) is 7.05 Å². The Hall–Kier alpha value is -2.56. The summed E-state index contributed by atoms with van der Waals surface area (Å²) in [5, 5.41) is 4.16. The van der Waals surface area contributed by atoms with Gasteiger partial charge in [-0.2, -0.15) is 0 Å². The molecule has 2 N–H and O–H groups in total. The van der Waals surface area contributed by atoms with Gasteiger partial charge in [-0.25, -0.2) is 4.98 Å². The number of imidazole rings is 1. The predicted molar refractivity (Wildman–Crippen MR) is 91.7 cm³/mol. The molecule has 0 unspecified atom stereocenters. The Bertz CT molecular complexity index is 830. The van der Waals surface area contributed by atoms with E-state index in [2.05, 4.69) is 40.4 Å². The standard InChI is InChI=1S/C18H22N4O/c1-4-13-5-6-16-15(9-13)12(2)17(22(16)3)18(23)20-8-7-14-10-19-11-21-14/h5-6,9-11H,4,7-8H2,1-3H3,(H,19,21)(H,20,23). The van der Waals surface area contributed by atoms with Crippen LogP contribution in [0.4, 0.5) is 0 Å². The molecule has 2 aromatic heterocycles. The summed E-state index contributed by atoms with van der Waals surface area (Å²) in [4.78, 5) is 19.6. The molecule has 1 aromatic carbocycles. The second-order valence-electron chi connectivity index (χ2n) is 5.82. The number of nitrogens with one attached hydrogen (secondary N) is 2. The molecule has 0 atom stereocenters. The highest BCUT2D eigenvalue weighted by Gasteiger charge is 2.18. The molecule has 0 aliphatic rings. The summed E-state index contributed by atoms with van der Waals surface area (Å²) in [5.74, 6) is -0.0289. The number of hydrogen-bond acceptors (Lipinski definition) is 2. The van der Waals surface area contributed by atoms with Gasteiger partial charge in [-0.05, 0) is 36.6 Å². The van der Waals surface area contributed by atoms with Gasteiger partial charge in [-0.3, -0.25) is 4.79 Å². The lowest BCUT2D eigenvalue weighted by Gasteiger charge is -2.07. The number of aryl methyl sites for hydroxylation is 3. The third kappa shape index (κ3) is 2.86. The van der Waals surface area contributed by atoms with Crippen LogP contribution in [0.1, 0.15) is 34.2 Å². The first-order chi connectivity index (χ1) is 11.1. The van der Waals surface area contributed by atoms with Crippen LogP contribution < -0.4 is 5.32 Å². The maximum Gasteiger partial charge on any atom is 0.268 e. The largest absolute Gasteiger partial charge is 0.350 e. The quantitative estimate of drug-likeness (QED) is 0.761. The maximum absolute atomic E-state index is 12.6. The molecule has 3 rings (SSSR count). The van der Waals surface area contributed by atoms with Crippen molar-refractivity contribution in [3.63, 3.8) is 0 Å². The molecule has 0 aliphatic heterocycles. The van der Waals surface area contributed by atoms with Crippen LogP contribution >= 0.6 is 0 Å². The fourth-order valence-electron chi connectivity index (χ4n) is 3.03. The number of H-pyrrole nitrogens is 1. The Morgan fingerprint density at radius 2 is 2.22 bits per heavy atom. The van der Waals surface area contributed by atoms with Crippen molar-refractivity contribution in [1.29, 1.82) is 0 Å². The number of aromatic amines is 1. The lowest BCUT2D eigenvalue weighted by Crippen LogP contribution is -2.28. The van der Waals surface area contributed by atoms with Crippen molar-refractivity contribution in [3.8, 4) is 0 Å². The third-order valence-corrected chi connectivity index (χ3v) is 4.38. The average molecular weight is 310 g/mol. The Kier molecular flexibility index (Phi) is 4.19. The summed E-state index contributed by atoms with van der Waals surface area (Å²) < 4.78 is 1.98. The molecule has 1 amide bonds. The fourth-order valence-corrected chi connectivity index (χ4v) is 3.03. The minimum absolute atomic E-state index is 0.0289. The van der Waals surface area contributed by atoms with Crippen molar-refractivity contribution in [2.75, 3.05) is 6.54 Å². The number of rotatable bonds is 5. The van der Waals surface area contributed by atoms with Crippen LogP contribution in [0.15, 0.2) is 30.7 Å². The number of fused-ring (bicyclic) bond motifs is 1. The van der Waals surface area contributed by atoms with Gasteiger partial charge in [0.15, 0.2) is 0 Å². The van der Waals surface area contributed by atoms with E-state index < -0.39 is 0 Å². The molecule has 0 fully saturated rings. The molecule has 0 saturated carbocycles. The molecule has 0 aliphatic carbocycles. The zero-order valence-electron chi connectivity index (χ0n) is 13.8. The summed E-state index contributed by atoms with van der Waals surface area (Å²) in [6, 6.07) is 6.41. The molecular formula is C18H22N4O. The van der Waals surface area contributed by atoms with E-state index in [1.807, 2.05) is 18.5 Å². The van der Waals surface area contributed by atoms with Gasteiger partial charge in [-0.1, -0.05) is 13.0 Å². The first-order valence-corrected chi connectivity index (χ1v) is 7.95. The molecule has 0 radical (unpaired) electrons. The summed E-state index contributed by atoms with van der Waals surface area (Å²) in [6.07, 6.45) is 5.17. The highest BCUT2D eigenvalue weighted by Crippen LogP contribution is 2.26. The van der Waals surface area contributed by atoms with Crippen LogP contribution in [0.5, 0.6) is 0 Å². The molecule has 0 spiro atoms. The molecular weight excluding hydrogens is 288 g/mol. The van der Waals surface area contributed by atoms with Crippen molar-refractivity contribution < 1.29 is 4.79 Å². The van der Waals surface area contributed by atoms with E-state index >= 15 is 0 Å². The third-order valence-electron chi connectivity index (χ3n) is 4.38. The summed E-state index contributed by atoms with van der Waals surface area (Å²) in [6.45, 7) is 4.75. The second kappa shape index (κ2) is 6.28. The van der Waals surface area contributed by atoms with E-state index in [9.17, 15) is 4.79 Å². The molecule has 120 valence electrons. The van der Waals surface area contributed by atoms with E-state index in [0.29, 0.717) is 6.54 Å². The normalized spacial score (nSPS) is 11.1. The zero-order chi connectivity index (χ0) is 16.4. The Balaban J connectivity index is 1.82. The Morgan fingerprint density at radius 3 is 2.91 bits per heavy atom. The number of hydrogen-bond donors (Lipinski definition) is 2. The molecule has 3 aromatic rings. The number of amides is 1. The number of benzene rings is 1. The summed E-state index contributed by atoms with van der Waals surface area (Å²) in [5.41, 5.74) is 5.18. The van der Waals surface area contributed by atoms with Crippen molar-refractivity contribution in [3.05, 3.63) is 53.2 Å². The van der Waals surface area contributed by atoms with E-state index in [4.69, 9.17) is 0 Å². The summed E-state index contributed by atoms with van der Waals surface area (Å²) >= 11 is 0. The Morgan fingerprint density at radius 1 is 1.39 bits per heavy atom. The maximum atomic E-state index is 12.6. The van der Waals surface area contributed by atoms with E-state index in [-0.39, 0.29) is 5.91 Å². The average Bonchev–Trinajstić information content (AvgIpc) is 3.15. The van der Waals surface area contributed by atoms with Gasteiger partial charge < -0.3 is 14.9 Å². The SMILES string of the molecule is CCc1ccc2c(c1)c(C)c(C(=O)NCCc1cnc[nH]1)n2C. The van der Waals surface area contributed by atoms with Gasteiger partial charge in [0, 0.05) is 42.8 Å².